The number of nitrogens with zero attached hydrogens (tertiary/aromatic N) is 4. The van der Waals surface area contributed by atoms with Gasteiger partial charge in [0.25, 0.3) is 0 Å². The standard InChI is InChI=1S/C38H39N5O7S/c44-23-25-8-10-28(11-9-25)34-21-33(24-51-38-40-41-42-43(38)31-16-18-32(45)19-17-31)49-37(50-34)29-14-12-27(13-15-29)30-5-3-4-26(20-30)22-39-35(46)6-1-2-7-36(47)48/h3-5,8-20,33-34,37,44-45H,1-2,6-7,21-24H2,(H,39,46)(H,47,48). The topological polar surface area (TPSA) is 169 Å². The number of nitrogens with one attached hydrogen (secondary N) is 1. The number of hydrogen-bond donors (Lipinski definition) is 4. The van der Waals surface area contributed by atoms with Crippen LogP contribution in [0.15, 0.2) is 102 Å². The third kappa shape index (κ3) is 9.79. The minimum absolute atomic E-state index is 0.0351. The Balaban J connectivity index is 1.13. The molecule has 0 radical (unpaired) electrons. The number of unbranched alkanes of at least 4 members (excludes halogenated alkanes) is 1. The number of tetrazole rings is 1. The number of aromatic nitrogens is 4. The summed E-state index contributed by atoms with van der Waals surface area (Å²) >= 11 is 1.48. The van der Waals surface area contributed by atoms with E-state index in [-0.39, 0.29) is 36.9 Å². The van der Waals surface area contributed by atoms with Crippen molar-refractivity contribution in [3.05, 3.63) is 119 Å². The molecular formula is C38H39N5O7S. The SMILES string of the molecule is O=C(O)CCCCC(=O)NCc1cccc(-c2ccc(C3OC(CSc4nnnn4-c4ccc(O)cc4)CC(c4ccc(CO)cc4)O3)cc2)c1. The number of carbonyl (C=O) groups is 2. The average molecular weight is 710 g/mol. The first-order chi connectivity index (χ1) is 24.8. The van der Waals surface area contributed by atoms with Gasteiger partial charge in [-0.15, -0.1) is 5.10 Å². The average Bonchev–Trinajstić information content (AvgIpc) is 3.64. The van der Waals surface area contributed by atoms with Crippen LogP contribution >= 0.6 is 11.8 Å². The number of phenols is 1. The first kappa shape index (κ1) is 35.7. The van der Waals surface area contributed by atoms with Crippen LogP contribution in [0.25, 0.3) is 16.8 Å². The van der Waals surface area contributed by atoms with Crippen molar-refractivity contribution in [2.24, 2.45) is 0 Å². The van der Waals surface area contributed by atoms with Crippen LogP contribution in [-0.2, 0) is 32.2 Å². The first-order valence-corrected chi connectivity index (χ1v) is 17.7. The van der Waals surface area contributed by atoms with Crippen LogP contribution in [0.5, 0.6) is 5.75 Å². The van der Waals surface area contributed by atoms with Gasteiger partial charge in [0, 0.05) is 37.1 Å². The van der Waals surface area contributed by atoms with Crippen LogP contribution in [0.3, 0.4) is 0 Å². The van der Waals surface area contributed by atoms with Gasteiger partial charge in [0.2, 0.25) is 11.1 Å². The number of hydrogen-bond acceptors (Lipinski definition) is 10. The summed E-state index contributed by atoms with van der Waals surface area (Å²) in [5, 5.41) is 43.7. The van der Waals surface area contributed by atoms with Crippen molar-refractivity contribution in [1.82, 2.24) is 25.5 Å². The molecule has 0 bridgehead atoms. The maximum atomic E-state index is 12.2. The van der Waals surface area contributed by atoms with Gasteiger partial charge in [-0.25, -0.2) is 0 Å². The van der Waals surface area contributed by atoms with Gasteiger partial charge in [-0.3, -0.25) is 9.59 Å². The second-order valence-electron chi connectivity index (χ2n) is 12.3. The zero-order chi connectivity index (χ0) is 35.6. The van der Waals surface area contributed by atoms with Crippen LogP contribution in [0.1, 0.15) is 66.8 Å². The van der Waals surface area contributed by atoms with E-state index in [1.807, 2.05) is 72.8 Å². The molecule has 4 N–H and O–H groups in total. The molecule has 12 nitrogen and oxygen atoms in total. The van der Waals surface area contributed by atoms with Crippen molar-refractivity contribution >= 4 is 23.6 Å². The van der Waals surface area contributed by atoms with E-state index >= 15 is 0 Å². The summed E-state index contributed by atoms with van der Waals surface area (Å²) in [6.45, 7) is 0.349. The van der Waals surface area contributed by atoms with Gasteiger partial charge in [0.15, 0.2) is 6.29 Å². The van der Waals surface area contributed by atoms with Gasteiger partial charge in [-0.05, 0) is 81.4 Å². The van der Waals surface area contributed by atoms with Crippen LogP contribution < -0.4 is 5.32 Å². The summed E-state index contributed by atoms with van der Waals surface area (Å²) in [7, 11) is 0. The maximum Gasteiger partial charge on any atom is 0.303 e. The Morgan fingerprint density at radius 2 is 1.61 bits per heavy atom. The number of aliphatic hydroxyl groups is 1. The molecule has 1 fully saturated rings. The number of ether oxygens (including phenoxy) is 2. The predicted molar refractivity (Wildman–Crippen MR) is 190 cm³/mol. The molecule has 1 aliphatic rings. The molecule has 0 spiro atoms. The Kier molecular flexibility index (Phi) is 12.1. The lowest BCUT2D eigenvalue weighted by molar-refractivity contribution is -0.245. The number of aromatic hydroxyl groups is 1. The fraction of sp³-hybridized carbons (Fsp3) is 0.289. The van der Waals surface area contributed by atoms with Gasteiger partial charge in [0.1, 0.15) is 5.75 Å². The van der Waals surface area contributed by atoms with Crippen LogP contribution in [0.4, 0.5) is 0 Å². The van der Waals surface area contributed by atoms with Gasteiger partial charge in [-0.2, -0.15) is 4.68 Å². The van der Waals surface area contributed by atoms with E-state index in [9.17, 15) is 19.8 Å². The molecule has 3 atom stereocenters. The quantitative estimate of drug-likeness (QED) is 0.0729. The van der Waals surface area contributed by atoms with E-state index in [4.69, 9.17) is 14.6 Å². The minimum atomic E-state index is -0.851. The molecule has 1 saturated heterocycles. The summed E-state index contributed by atoms with van der Waals surface area (Å²) in [5.74, 6) is -0.228. The molecule has 2 heterocycles. The number of benzene rings is 4. The van der Waals surface area contributed by atoms with Crippen molar-refractivity contribution in [2.45, 2.75) is 68.9 Å². The lowest BCUT2D eigenvalue weighted by Gasteiger charge is -2.36. The number of carboxylic acid groups (broad SMARTS) is 1. The van der Waals surface area contributed by atoms with E-state index in [1.165, 1.54) is 11.8 Å². The zero-order valence-electron chi connectivity index (χ0n) is 27.8. The lowest BCUT2D eigenvalue weighted by Crippen LogP contribution is -2.31. The minimum Gasteiger partial charge on any atom is -0.508 e. The number of phenolic OH excluding ortho intramolecular Hbond substituents is 1. The molecule has 6 rings (SSSR count). The monoisotopic (exact) mass is 709 g/mol. The Morgan fingerprint density at radius 3 is 2.35 bits per heavy atom. The van der Waals surface area contributed by atoms with E-state index in [0.717, 1.165) is 39.1 Å². The molecule has 1 aliphatic heterocycles. The first-order valence-electron chi connectivity index (χ1n) is 16.7. The molecule has 0 saturated carbocycles. The molecule has 51 heavy (non-hydrogen) atoms. The van der Waals surface area contributed by atoms with Crippen molar-refractivity contribution in [3.63, 3.8) is 0 Å². The molecule has 1 amide bonds. The highest BCUT2D eigenvalue weighted by Gasteiger charge is 2.32. The van der Waals surface area contributed by atoms with E-state index in [1.54, 1.807) is 28.9 Å². The number of aliphatic carboxylic acids is 1. The van der Waals surface area contributed by atoms with E-state index < -0.39 is 12.3 Å². The summed E-state index contributed by atoms with van der Waals surface area (Å²) in [4.78, 5) is 22.9. The molecule has 5 aromatic rings. The highest BCUT2D eigenvalue weighted by atomic mass is 32.2. The van der Waals surface area contributed by atoms with Crippen molar-refractivity contribution in [2.75, 3.05) is 5.75 Å². The lowest BCUT2D eigenvalue weighted by atomic mass is 9.99. The predicted octanol–water partition coefficient (Wildman–Crippen LogP) is 6.13. The highest BCUT2D eigenvalue weighted by molar-refractivity contribution is 7.99. The summed E-state index contributed by atoms with van der Waals surface area (Å²) < 4.78 is 14.7. The Bertz CT molecular complexity index is 1900. The largest absolute Gasteiger partial charge is 0.508 e. The van der Waals surface area contributed by atoms with Gasteiger partial charge >= 0.3 is 5.97 Å². The molecule has 3 unspecified atom stereocenters. The molecule has 13 heteroatoms. The molecular weight excluding hydrogens is 671 g/mol. The third-order valence-corrected chi connectivity index (χ3v) is 9.58. The smallest absolute Gasteiger partial charge is 0.303 e. The summed E-state index contributed by atoms with van der Waals surface area (Å²) in [6, 6.07) is 30.4. The van der Waals surface area contributed by atoms with Gasteiger partial charge in [0.05, 0.1) is 24.5 Å². The maximum absolute atomic E-state index is 12.2. The third-order valence-electron chi connectivity index (χ3n) is 8.53. The molecule has 264 valence electrons. The van der Waals surface area contributed by atoms with Gasteiger partial charge < -0.3 is 30.1 Å². The molecule has 0 aliphatic carbocycles. The van der Waals surface area contributed by atoms with Crippen molar-refractivity contribution < 1.29 is 34.4 Å². The van der Waals surface area contributed by atoms with Gasteiger partial charge in [-0.1, -0.05) is 78.5 Å². The van der Waals surface area contributed by atoms with E-state index in [0.29, 0.717) is 43.1 Å². The van der Waals surface area contributed by atoms with Crippen LogP contribution in [-0.4, -0.2) is 59.3 Å². The Hall–Kier alpha value is -5.08. The highest BCUT2D eigenvalue weighted by Crippen LogP contribution is 2.40. The van der Waals surface area contributed by atoms with Crippen LogP contribution in [0.2, 0.25) is 0 Å². The second-order valence-corrected chi connectivity index (χ2v) is 13.2. The number of amides is 1. The number of carbonyl (C=O) groups excluding carboxylic acids is 1. The zero-order valence-corrected chi connectivity index (χ0v) is 28.6. The number of rotatable bonds is 15. The number of thioether (sulfide) groups is 1. The second kappa shape index (κ2) is 17.2. The molecule has 1 aromatic heterocycles. The summed E-state index contributed by atoms with van der Waals surface area (Å²) in [6.07, 6.45) is 0.899. The van der Waals surface area contributed by atoms with Crippen molar-refractivity contribution in [1.29, 1.82) is 0 Å². The Labute approximate surface area is 299 Å². The summed E-state index contributed by atoms with van der Waals surface area (Å²) in [5.41, 5.74) is 6.37. The fourth-order valence-electron chi connectivity index (χ4n) is 5.76. The molecule has 4 aromatic carbocycles. The van der Waals surface area contributed by atoms with Crippen molar-refractivity contribution in [3.8, 4) is 22.6 Å². The fourth-order valence-corrected chi connectivity index (χ4v) is 6.67. The number of carboxylic acids is 1. The van der Waals surface area contributed by atoms with Crippen LogP contribution in [0, 0.1) is 0 Å². The number of aliphatic hydroxyl groups excluding tert-OH is 1. The Morgan fingerprint density at radius 1 is 0.863 bits per heavy atom. The normalized spacial score (nSPS) is 17.2. The van der Waals surface area contributed by atoms with E-state index in [2.05, 4.69) is 20.8 Å².